The lowest BCUT2D eigenvalue weighted by molar-refractivity contribution is 0.0258. The zero-order valence-electron chi connectivity index (χ0n) is 13.7. The summed E-state index contributed by atoms with van der Waals surface area (Å²) in [6.45, 7) is 12.0. The van der Waals surface area contributed by atoms with Gasteiger partial charge in [0, 0.05) is 30.2 Å². The van der Waals surface area contributed by atoms with Crippen LogP contribution < -0.4 is 5.32 Å². The first-order valence-electron chi connectivity index (χ1n) is 7.43. The lowest BCUT2D eigenvalue weighted by Gasteiger charge is -2.26. The Balaban J connectivity index is 2.27. The second-order valence-corrected chi connectivity index (χ2v) is 6.91. The van der Waals surface area contributed by atoms with Gasteiger partial charge in [0.25, 0.3) is 0 Å². The molecular formula is C15H27N3O2S. The number of amides is 1. The number of aromatic nitrogens is 1. The SMILES string of the molecule is CCN(CCCNC(C)c1cncs1)C(=O)OC(C)(C)C. The molecule has 0 saturated carbocycles. The predicted octanol–water partition coefficient (Wildman–Crippen LogP) is 3.44. The third-order valence-electron chi connectivity index (χ3n) is 2.97. The summed E-state index contributed by atoms with van der Waals surface area (Å²) in [7, 11) is 0. The van der Waals surface area contributed by atoms with Crippen molar-refractivity contribution in [3.63, 3.8) is 0 Å². The fourth-order valence-electron chi connectivity index (χ4n) is 1.83. The van der Waals surface area contributed by atoms with E-state index in [1.165, 1.54) is 4.88 Å². The first kappa shape index (κ1) is 17.9. The Morgan fingerprint density at radius 2 is 2.24 bits per heavy atom. The molecule has 1 aromatic heterocycles. The van der Waals surface area contributed by atoms with Gasteiger partial charge in [0.15, 0.2) is 0 Å². The van der Waals surface area contributed by atoms with Crippen molar-refractivity contribution in [3.8, 4) is 0 Å². The number of thiazole rings is 1. The van der Waals surface area contributed by atoms with Gasteiger partial charge in [0.05, 0.1) is 5.51 Å². The highest BCUT2D eigenvalue weighted by atomic mass is 32.1. The molecule has 0 spiro atoms. The fourth-order valence-corrected chi connectivity index (χ4v) is 2.49. The van der Waals surface area contributed by atoms with Crippen LogP contribution >= 0.6 is 11.3 Å². The zero-order chi connectivity index (χ0) is 15.9. The van der Waals surface area contributed by atoms with Gasteiger partial charge in [0.2, 0.25) is 0 Å². The number of rotatable bonds is 7. The van der Waals surface area contributed by atoms with Gasteiger partial charge in [-0.05, 0) is 47.6 Å². The number of hydrogen-bond donors (Lipinski definition) is 1. The Morgan fingerprint density at radius 3 is 2.76 bits per heavy atom. The van der Waals surface area contributed by atoms with Gasteiger partial charge in [-0.2, -0.15) is 0 Å². The molecule has 1 N–H and O–H groups in total. The van der Waals surface area contributed by atoms with Gasteiger partial charge >= 0.3 is 6.09 Å². The van der Waals surface area contributed by atoms with E-state index in [4.69, 9.17) is 4.74 Å². The molecule has 0 bridgehead atoms. The first-order chi connectivity index (χ1) is 9.83. The smallest absolute Gasteiger partial charge is 0.410 e. The molecule has 0 aromatic carbocycles. The van der Waals surface area contributed by atoms with Gasteiger partial charge in [-0.25, -0.2) is 4.79 Å². The van der Waals surface area contributed by atoms with Crippen molar-refractivity contribution in [2.45, 2.75) is 52.7 Å². The van der Waals surface area contributed by atoms with Crippen LogP contribution in [0.2, 0.25) is 0 Å². The average Bonchev–Trinajstić information content (AvgIpc) is 2.90. The zero-order valence-corrected chi connectivity index (χ0v) is 14.5. The van der Waals surface area contributed by atoms with Crippen LogP contribution in [0.25, 0.3) is 0 Å². The summed E-state index contributed by atoms with van der Waals surface area (Å²) in [4.78, 5) is 19.0. The van der Waals surface area contributed by atoms with Crippen LogP contribution in [-0.4, -0.2) is 41.2 Å². The largest absolute Gasteiger partial charge is 0.444 e. The molecule has 0 fully saturated rings. The van der Waals surface area contributed by atoms with Gasteiger partial charge in [-0.15, -0.1) is 11.3 Å². The molecule has 1 heterocycles. The molecule has 1 atom stereocenters. The van der Waals surface area contributed by atoms with E-state index in [-0.39, 0.29) is 6.09 Å². The minimum atomic E-state index is -0.441. The molecule has 1 rings (SSSR count). The number of hydrogen-bond acceptors (Lipinski definition) is 5. The Morgan fingerprint density at radius 1 is 1.52 bits per heavy atom. The summed E-state index contributed by atoms with van der Waals surface area (Å²) in [5.41, 5.74) is 1.40. The molecule has 120 valence electrons. The highest BCUT2D eigenvalue weighted by molar-refractivity contribution is 7.09. The third-order valence-corrected chi connectivity index (χ3v) is 3.93. The normalized spacial score (nSPS) is 13.0. The van der Waals surface area contributed by atoms with E-state index in [2.05, 4.69) is 17.2 Å². The summed E-state index contributed by atoms with van der Waals surface area (Å²) in [5, 5.41) is 3.44. The van der Waals surface area contributed by atoms with Crippen LogP contribution in [0.1, 0.15) is 52.0 Å². The molecule has 0 aliphatic carbocycles. The molecule has 0 aliphatic heterocycles. The van der Waals surface area contributed by atoms with Crippen LogP contribution in [0.15, 0.2) is 11.7 Å². The Kier molecular flexibility index (Phi) is 7.11. The Bertz CT molecular complexity index is 415. The van der Waals surface area contributed by atoms with E-state index < -0.39 is 5.60 Å². The third kappa shape index (κ3) is 6.91. The average molecular weight is 313 g/mol. The molecule has 0 aliphatic rings. The highest BCUT2D eigenvalue weighted by Gasteiger charge is 2.20. The molecule has 1 aromatic rings. The molecule has 0 saturated heterocycles. The topological polar surface area (TPSA) is 54.5 Å². The standard InChI is InChI=1S/C15H27N3O2S/c1-6-18(14(19)20-15(3,4)5)9-7-8-17-12(2)13-10-16-11-21-13/h10-12,17H,6-9H2,1-5H3. The van der Waals surface area contributed by atoms with E-state index in [1.807, 2.05) is 39.4 Å². The highest BCUT2D eigenvalue weighted by Crippen LogP contribution is 2.16. The van der Waals surface area contributed by atoms with Crippen molar-refractivity contribution in [1.82, 2.24) is 15.2 Å². The van der Waals surface area contributed by atoms with Crippen LogP contribution in [0, 0.1) is 0 Å². The van der Waals surface area contributed by atoms with Gasteiger partial charge in [-0.3, -0.25) is 4.98 Å². The summed E-state index contributed by atoms with van der Waals surface area (Å²) >= 11 is 1.65. The maximum absolute atomic E-state index is 12.0. The van der Waals surface area contributed by atoms with Crippen LogP contribution in [0.4, 0.5) is 4.79 Å². The number of ether oxygens (including phenoxy) is 1. The molecular weight excluding hydrogens is 286 g/mol. The molecule has 6 heteroatoms. The van der Waals surface area contributed by atoms with Gasteiger partial charge in [0.1, 0.15) is 5.60 Å². The van der Waals surface area contributed by atoms with Crippen molar-refractivity contribution in [2.75, 3.05) is 19.6 Å². The number of carbonyl (C=O) groups excluding carboxylic acids is 1. The second kappa shape index (κ2) is 8.34. The Labute approximate surface area is 131 Å². The quantitative estimate of drug-likeness (QED) is 0.784. The first-order valence-corrected chi connectivity index (χ1v) is 8.31. The minimum absolute atomic E-state index is 0.236. The van der Waals surface area contributed by atoms with E-state index in [1.54, 1.807) is 16.2 Å². The lowest BCUT2D eigenvalue weighted by atomic mass is 10.2. The van der Waals surface area contributed by atoms with Crippen molar-refractivity contribution >= 4 is 17.4 Å². The summed E-state index contributed by atoms with van der Waals surface area (Å²) in [5.74, 6) is 0. The van der Waals surface area contributed by atoms with E-state index in [0.29, 0.717) is 19.1 Å². The van der Waals surface area contributed by atoms with Crippen molar-refractivity contribution in [2.24, 2.45) is 0 Å². The summed E-state index contributed by atoms with van der Waals surface area (Å²) in [6.07, 6.45) is 2.55. The number of nitrogens with zero attached hydrogens (tertiary/aromatic N) is 2. The monoisotopic (exact) mass is 313 g/mol. The van der Waals surface area contributed by atoms with Crippen molar-refractivity contribution in [3.05, 3.63) is 16.6 Å². The van der Waals surface area contributed by atoms with E-state index in [9.17, 15) is 4.79 Å². The second-order valence-electron chi connectivity index (χ2n) is 5.99. The maximum atomic E-state index is 12.0. The summed E-state index contributed by atoms with van der Waals surface area (Å²) in [6, 6.07) is 0.300. The number of carbonyl (C=O) groups is 1. The van der Waals surface area contributed by atoms with Crippen LogP contribution in [-0.2, 0) is 4.74 Å². The van der Waals surface area contributed by atoms with Gasteiger partial charge in [-0.1, -0.05) is 0 Å². The molecule has 5 nitrogen and oxygen atoms in total. The predicted molar refractivity (Wildman–Crippen MR) is 86.6 cm³/mol. The van der Waals surface area contributed by atoms with Crippen LogP contribution in [0.5, 0.6) is 0 Å². The van der Waals surface area contributed by atoms with E-state index in [0.717, 1.165) is 13.0 Å². The maximum Gasteiger partial charge on any atom is 0.410 e. The van der Waals surface area contributed by atoms with Crippen LogP contribution in [0.3, 0.4) is 0 Å². The molecule has 0 radical (unpaired) electrons. The minimum Gasteiger partial charge on any atom is -0.444 e. The summed E-state index contributed by atoms with van der Waals surface area (Å²) < 4.78 is 5.39. The molecule has 1 unspecified atom stereocenters. The molecule has 1 amide bonds. The Hall–Kier alpha value is -1.14. The lowest BCUT2D eigenvalue weighted by Crippen LogP contribution is -2.38. The van der Waals surface area contributed by atoms with E-state index >= 15 is 0 Å². The van der Waals surface area contributed by atoms with Gasteiger partial charge < -0.3 is 15.0 Å². The van der Waals surface area contributed by atoms with Crippen molar-refractivity contribution in [1.29, 1.82) is 0 Å². The molecule has 21 heavy (non-hydrogen) atoms. The fraction of sp³-hybridized carbons (Fsp3) is 0.733. The van der Waals surface area contributed by atoms with Crippen molar-refractivity contribution < 1.29 is 9.53 Å². The number of nitrogens with one attached hydrogen (secondary N) is 1.